The molecule has 0 amide bonds. The first kappa shape index (κ1) is 14.2. The second kappa shape index (κ2) is 5.93. The van der Waals surface area contributed by atoms with Gasteiger partial charge in [0.2, 0.25) is 0 Å². The number of aryl methyl sites for hydroxylation is 1. The number of pyridine rings is 1. The lowest BCUT2D eigenvalue weighted by molar-refractivity contribution is 0.588. The van der Waals surface area contributed by atoms with E-state index in [1.165, 1.54) is 18.2 Å². The van der Waals surface area contributed by atoms with E-state index in [4.69, 9.17) is 0 Å². The molecule has 4 nitrogen and oxygen atoms in total. The molecule has 0 fully saturated rings. The van der Waals surface area contributed by atoms with Gasteiger partial charge in [-0.25, -0.2) is 13.8 Å². The van der Waals surface area contributed by atoms with E-state index in [9.17, 15) is 8.78 Å². The van der Waals surface area contributed by atoms with Gasteiger partial charge >= 0.3 is 0 Å². The Morgan fingerprint density at radius 3 is 2.55 bits per heavy atom. The summed E-state index contributed by atoms with van der Waals surface area (Å²) < 4.78 is 27.8. The lowest BCUT2D eigenvalue weighted by Gasteiger charge is -2.08. The fourth-order valence-corrected chi connectivity index (χ4v) is 2.23. The van der Waals surface area contributed by atoms with E-state index in [1.807, 2.05) is 25.1 Å². The molecule has 6 heteroatoms. The van der Waals surface area contributed by atoms with Crippen molar-refractivity contribution in [3.8, 4) is 11.3 Å². The third-order valence-corrected chi connectivity index (χ3v) is 3.28. The average molecular weight is 300 g/mol. The van der Waals surface area contributed by atoms with Gasteiger partial charge in [0.05, 0.1) is 17.5 Å². The number of benzene rings is 1. The van der Waals surface area contributed by atoms with Gasteiger partial charge in [0.1, 0.15) is 17.5 Å². The summed E-state index contributed by atoms with van der Waals surface area (Å²) in [5.74, 6) is -0.556. The number of anilines is 1. The molecule has 3 rings (SSSR count). The predicted molar refractivity (Wildman–Crippen MR) is 80.2 cm³/mol. The normalized spacial score (nSPS) is 10.7. The minimum absolute atomic E-state index is 0.103. The van der Waals surface area contributed by atoms with Crippen LogP contribution in [0.1, 0.15) is 11.3 Å². The zero-order valence-electron chi connectivity index (χ0n) is 11.9. The molecule has 2 heterocycles. The summed E-state index contributed by atoms with van der Waals surface area (Å²) in [5.41, 5.74) is 1.77. The monoisotopic (exact) mass is 300 g/mol. The van der Waals surface area contributed by atoms with Gasteiger partial charge in [0.25, 0.3) is 0 Å². The fraction of sp³-hybridized carbons (Fsp3) is 0.125. The number of nitrogens with zero attached hydrogens (tertiary/aromatic N) is 2. The zero-order valence-corrected chi connectivity index (χ0v) is 11.9. The fourth-order valence-electron chi connectivity index (χ4n) is 2.23. The van der Waals surface area contributed by atoms with E-state index in [-0.39, 0.29) is 5.56 Å². The molecule has 0 aliphatic carbocycles. The SMILES string of the molecule is Cc1cccc(NCc2cn[nH]c2-c2c(F)cccc2F)n1. The number of hydrogen-bond acceptors (Lipinski definition) is 3. The summed E-state index contributed by atoms with van der Waals surface area (Å²) in [4.78, 5) is 4.32. The number of aromatic nitrogens is 3. The van der Waals surface area contributed by atoms with E-state index < -0.39 is 11.6 Å². The third-order valence-electron chi connectivity index (χ3n) is 3.28. The highest BCUT2D eigenvalue weighted by Crippen LogP contribution is 2.27. The van der Waals surface area contributed by atoms with Crippen molar-refractivity contribution in [3.05, 3.63) is 65.5 Å². The van der Waals surface area contributed by atoms with Crippen molar-refractivity contribution in [2.75, 3.05) is 5.32 Å². The number of aromatic amines is 1. The molecule has 3 aromatic rings. The van der Waals surface area contributed by atoms with Crippen molar-refractivity contribution >= 4 is 5.82 Å². The van der Waals surface area contributed by atoms with Crippen molar-refractivity contribution in [3.63, 3.8) is 0 Å². The van der Waals surface area contributed by atoms with Gasteiger partial charge in [-0.3, -0.25) is 5.10 Å². The first-order valence-electron chi connectivity index (χ1n) is 6.79. The Hall–Kier alpha value is -2.76. The van der Waals surface area contributed by atoms with E-state index >= 15 is 0 Å². The molecule has 112 valence electrons. The largest absolute Gasteiger partial charge is 0.366 e. The van der Waals surface area contributed by atoms with Gasteiger partial charge in [-0.05, 0) is 31.2 Å². The predicted octanol–water partition coefficient (Wildman–Crippen LogP) is 3.67. The molecular weight excluding hydrogens is 286 g/mol. The second-order valence-electron chi connectivity index (χ2n) is 4.88. The van der Waals surface area contributed by atoms with Gasteiger partial charge in [0.15, 0.2) is 0 Å². The van der Waals surface area contributed by atoms with Crippen LogP contribution in [0.5, 0.6) is 0 Å². The molecule has 1 aromatic carbocycles. The summed E-state index contributed by atoms with van der Waals surface area (Å²) >= 11 is 0. The molecule has 0 bridgehead atoms. The summed E-state index contributed by atoms with van der Waals surface area (Å²) in [6, 6.07) is 9.38. The maximum atomic E-state index is 13.9. The van der Waals surface area contributed by atoms with Crippen LogP contribution in [0.2, 0.25) is 0 Å². The number of rotatable bonds is 4. The number of halogens is 2. The lowest BCUT2D eigenvalue weighted by Crippen LogP contribution is -2.03. The van der Waals surface area contributed by atoms with Crippen LogP contribution in [0.25, 0.3) is 11.3 Å². The smallest absolute Gasteiger partial charge is 0.135 e. The maximum absolute atomic E-state index is 13.9. The number of H-pyrrole nitrogens is 1. The highest BCUT2D eigenvalue weighted by atomic mass is 19.1. The van der Waals surface area contributed by atoms with Crippen LogP contribution in [0.4, 0.5) is 14.6 Å². The van der Waals surface area contributed by atoms with E-state index in [0.29, 0.717) is 23.6 Å². The number of hydrogen-bond donors (Lipinski definition) is 2. The molecule has 0 saturated carbocycles. The van der Waals surface area contributed by atoms with Gasteiger partial charge in [-0.1, -0.05) is 12.1 Å². The number of nitrogens with one attached hydrogen (secondary N) is 2. The second-order valence-corrected chi connectivity index (χ2v) is 4.88. The summed E-state index contributed by atoms with van der Waals surface area (Å²) in [5, 5.41) is 9.67. The van der Waals surface area contributed by atoms with Crippen LogP contribution < -0.4 is 5.32 Å². The standard InChI is InChI=1S/C16H14F2N4/c1-10-4-2-7-14(21-10)19-8-11-9-20-22-16(11)15-12(17)5-3-6-13(15)18/h2-7,9H,8H2,1H3,(H,19,21)(H,20,22). The van der Waals surface area contributed by atoms with Gasteiger partial charge in [-0.2, -0.15) is 5.10 Å². The Balaban J connectivity index is 1.87. The Morgan fingerprint density at radius 2 is 1.82 bits per heavy atom. The summed E-state index contributed by atoms with van der Waals surface area (Å²) in [6.07, 6.45) is 1.55. The van der Waals surface area contributed by atoms with E-state index in [1.54, 1.807) is 6.20 Å². The minimum atomic E-state index is -0.626. The highest BCUT2D eigenvalue weighted by Gasteiger charge is 2.16. The molecule has 0 aliphatic heterocycles. The minimum Gasteiger partial charge on any atom is -0.366 e. The molecule has 2 N–H and O–H groups in total. The summed E-state index contributed by atoms with van der Waals surface area (Å²) in [6.45, 7) is 2.25. The van der Waals surface area contributed by atoms with E-state index in [2.05, 4.69) is 20.5 Å². The molecule has 0 unspecified atom stereocenters. The zero-order chi connectivity index (χ0) is 15.5. The van der Waals surface area contributed by atoms with Crippen LogP contribution in [0.3, 0.4) is 0 Å². The Kier molecular flexibility index (Phi) is 3.82. The molecular formula is C16H14F2N4. The van der Waals surface area contributed by atoms with Gasteiger partial charge < -0.3 is 5.32 Å². The molecule has 0 saturated heterocycles. The Bertz CT molecular complexity index is 778. The topological polar surface area (TPSA) is 53.6 Å². The maximum Gasteiger partial charge on any atom is 0.135 e. The van der Waals surface area contributed by atoms with E-state index in [0.717, 1.165) is 5.69 Å². The van der Waals surface area contributed by atoms with Crippen molar-refractivity contribution in [2.24, 2.45) is 0 Å². The molecule has 0 radical (unpaired) electrons. The Labute approximate surface area is 126 Å². The summed E-state index contributed by atoms with van der Waals surface area (Å²) in [7, 11) is 0. The van der Waals surface area contributed by atoms with Crippen molar-refractivity contribution in [1.29, 1.82) is 0 Å². The molecule has 0 aliphatic rings. The van der Waals surface area contributed by atoms with Crippen LogP contribution in [-0.4, -0.2) is 15.2 Å². The van der Waals surface area contributed by atoms with Crippen LogP contribution in [0, 0.1) is 18.6 Å². The third kappa shape index (κ3) is 2.81. The Morgan fingerprint density at radius 1 is 1.09 bits per heavy atom. The highest BCUT2D eigenvalue weighted by molar-refractivity contribution is 5.64. The molecule has 22 heavy (non-hydrogen) atoms. The van der Waals surface area contributed by atoms with Crippen LogP contribution in [0.15, 0.2) is 42.6 Å². The first-order valence-corrected chi connectivity index (χ1v) is 6.79. The first-order chi connectivity index (χ1) is 10.6. The molecule has 0 spiro atoms. The van der Waals surface area contributed by atoms with Crippen LogP contribution >= 0.6 is 0 Å². The van der Waals surface area contributed by atoms with Crippen molar-refractivity contribution in [2.45, 2.75) is 13.5 Å². The van der Waals surface area contributed by atoms with Gasteiger partial charge in [-0.15, -0.1) is 0 Å². The lowest BCUT2D eigenvalue weighted by atomic mass is 10.1. The average Bonchev–Trinajstić information content (AvgIpc) is 2.93. The van der Waals surface area contributed by atoms with Crippen molar-refractivity contribution in [1.82, 2.24) is 15.2 Å². The quantitative estimate of drug-likeness (QED) is 0.773. The molecule has 2 aromatic heterocycles. The van der Waals surface area contributed by atoms with Gasteiger partial charge in [0, 0.05) is 17.8 Å². The molecule has 0 atom stereocenters. The van der Waals surface area contributed by atoms with Crippen LogP contribution in [-0.2, 0) is 6.54 Å². The van der Waals surface area contributed by atoms with Crippen molar-refractivity contribution < 1.29 is 8.78 Å².